The van der Waals surface area contributed by atoms with Crippen molar-refractivity contribution in [1.29, 1.82) is 0 Å². The number of amides is 1. The summed E-state index contributed by atoms with van der Waals surface area (Å²) in [6.07, 6.45) is -1.84. The van der Waals surface area contributed by atoms with Gasteiger partial charge in [0.25, 0.3) is 11.6 Å². The highest BCUT2D eigenvalue weighted by Crippen LogP contribution is 2.37. The number of fused-ring (bicyclic) bond motifs is 2. The number of carbonyl (C=O) groups excluding carboxylic acids is 1. The Bertz CT molecular complexity index is 1770. The van der Waals surface area contributed by atoms with Crippen LogP contribution in [0.3, 0.4) is 0 Å². The second-order valence-corrected chi connectivity index (χ2v) is 11.0. The van der Waals surface area contributed by atoms with Crippen molar-refractivity contribution in [3.63, 3.8) is 0 Å². The van der Waals surface area contributed by atoms with Crippen LogP contribution < -0.4 is 10.2 Å². The van der Waals surface area contributed by atoms with Gasteiger partial charge >= 0.3 is 6.18 Å². The van der Waals surface area contributed by atoms with Gasteiger partial charge in [0, 0.05) is 42.5 Å². The number of carbonyl (C=O) groups is 1. The lowest BCUT2D eigenvalue weighted by molar-refractivity contribution is -0.137. The third-order valence-electron chi connectivity index (χ3n) is 8.21. The van der Waals surface area contributed by atoms with Crippen molar-refractivity contribution in [2.45, 2.75) is 25.2 Å². The highest BCUT2D eigenvalue weighted by atomic mass is 19.4. The molecule has 0 bridgehead atoms. The van der Waals surface area contributed by atoms with Crippen molar-refractivity contribution in [1.82, 2.24) is 19.9 Å². The molecule has 2 aromatic heterocycles. The lowest BCUT2D eigenvalue weighted by atomic mass is 10.0. The maximum absolute atomic E-state index is 12.9. The number of nitrogens with one attached hydrogen (secondary N) is 1. The summed E-state index contributed by atoms with van der Waals surface area (Å²) in [7, 11) is 0. The van der Waals surface area contributed by atoms with E-state index in [0.29, 0.717) is 40.3 Å². The molecule has 0 saturated carbocycles. The molecule has 43 heavy (non-hydrogen) atoms. The number of nitrogens with zero attached hydrogens (tertiary/aromatic N) is 5. The van der Waals surface area contributed by atoms with Gasteiger partial charge in [0.1, 0.15) is 6.33 Å². The Morgan fingerprint density at radius 3 is 2.58 bits per heavy atom. The van der Waals surface area contributed by atoms with Crippen LogP contribution in [0.5, 0.6) is 0 Å². The molecular formula is C32H27F3N6O2. The number of likely N-dealkylation sites (tertiary alicyclic amines) is 1. The van der Waals surface area contributed by atoms with Gasteiger partial charge in [-0.05, 0) is 66.9 Å². The summed E-state index contributed by atoms with van der Waals surface area (Å²) < 4.78 is 44.7. The monoisotopic (exact) mass is 584 g/mol. The maximum atomic E-state index is 12.9. The van der Waals surface area contributed by atoms with Crippen LogP contribution in [0.2, 0.25) is 0 Å². The number of halogens is 3. The Balaban J connectivity index is 1.08. The van der Waals surface area contributed by atoms with Crippen LogP contribution >= 0.6 is 0 Å². The second-order valence-electron chi connectivity index (χ2n) is 11.0. The van der Waals surface area contributed by atoms with Gasteiger partial charge < -0.3 is 14.6 Å². The minimum absolute atomic E-state index is 0.109. The molecule has 218 valence electrons. The van der Waals surface area contributed by atoms with E-state index in [1.54, 1.807) is 24.3 Å². The van der Waals surface area contributed by atoms with E-state index in [1.165, 1.54) is 11.9 Å². The zero-order chi connectivity index (χ0) is 29.6. The number of hydrogen-bond donors (Lipinski definition) is 1. The molecule has 2 saturated heterocycles. The first-order chi connectivity index (χ1) is 20.8. The predicted molar refractivity (Wildman–Crippen MR) is 155 cm³/mol. The SMILES string of the molecule is O=C(Nc1cccc(-c2nc3c(N4CC5CCN(Cc6ccccc6)C5C4)ncnc3o2)c1)c1ccc(C(F)(F)F)cc1. The summed E-state index contributed by atoms with van der Waals surface area (Å²) >= 11 is 0. The minimum Gasteiger partial charge on any atom is -0.417 e. The lowest BCUT2D eigenvalue weighted by Crippen LogP contribution is -2.35. The Morgan fingerprint density at radius 2 is 1.79 bits per heavy atom. The van der Waals surface area contributed by atoms with E-state index in [4.69, 9.17) is 9.40 Å². The molecule has 2 unspecified atom stereocenters. The number of aromatic nitrogens is 3. The second kappa shape index (κ2) is 10.8. The molecule has 2 aliphatic heterocycles. The molecule has 2 aliphatic rings. The summed E-state index contributed by atoms with van der Waals surface area (Å²) in [6.45, 7) is 3.74. The fourth-order valence-electron chi connectivity index (χ4n) is 6.08. The third kappa shape index (κ3) is 5.43. The number of oxazole rings is 1. The van der Waals surface area contributed by atoms with E-state index in [0.717, 1.165) is 62.7 Å². The smallest absolute Gasteiger partial charge is 0.416 e. The molecule has 0 radical (unpaired) electrons. The number of anilines is 2. The molecule has 0 aliphatic carbocycles. The lowest BCUT2D eigenvalue weighted by Gasteiger charge is -2.25. The first-order valence-electron chi connectivity index (χ1n) is 14.1. The van der Waals surface area contributed by atoms with Crippen molar-refractivity contribution < 1.29 is 22.4 Å². The van der Waals surface area contributed by atoms with E-state index < -0.39 is 17.6 Å². The fourth-order valence-corrected chi connectivity index (χ4v) is 6.08. The van der Waals surface area contributed by atoms with Crippen molar-refractivity contribution in [2.75, 3.05) is 29.9 Å². The van der Waals surface area contributed by atoms with E-state index in [1.807, 2.05) is 6.07 Å². The van der Waals surface area contributed by atoms with E-state index in [-0.39, 0.29) is 5.56 Å². The number of hydrogen-bond acceptors (Lipinski definition) is 7. The molecule has 0 spiro atoms. The van der Waals surface area contributed by atoms with Crippen LogP contribution in [0.1, 0.15) is 27.9 Å². The van der Waals surface area contributed by atoms with Crippen LogP contribution in [0.25, 0.3) is 22.7 Å². The molecule has 8 nitrogen and oxygen atoms in total. The van der Waals surface area contributed by atoms with Gasteiger partial charge in [-0.15, -0.1) is 0 Å². The molecule has 2 atom stereocenters. The number of alkyl halides is 3. The van der Waals surface area contributed by atoms with Crippen molar-refractivity contribution in [2.24, 2.45) is 5.92 Å². The Labute approximate surface area is 245 Å². The number of rotatable bonds is 6. The van der Waals surface area contributed by atoms with Crippen LogP contribution in [-0.4, -0.2) is 51.4 Å². The van der Waals surface area contributed by atoms with Gasteiger partial charge in [0.2, 0.25) is 5.89 Å². The topological polar surface area (TPSA) is 87.4 Å². The fraction of sp³-hybridized carbons (Fsp3) is 0.250. The molecule has 1 amide bonds. The largest absolute Gasteiger partial charge is 0.417 e. The highest BCUT2D eigenvalue weighted by Gasteiger charge is 2.42. The Kier molecular flexibility index (Phi) is 6.81. The third-order valence-corrected chi connectivity index (χ3v) is 8.21. The van der Waals surface area contributed by atoms with Gasteiger partial charge in [0.05, 0.1) is 5.56 Å². The van der Waals surface area contributed by atoms with E-state index >= 15 is 0 Å². The zero-order valence-corrected chi connectivity index (χ0v) is 23.0. The van der Waals surface area contributed by atoms with Crippen molar-refractivity contribution in [3.8, 4) is 11.5 Å². The first kappa shape index (κ1) is 27.1. The Hall–Kier alpha value is -4.77. The van der Waals surface area contributed by atoms with Gasteiger partial charge in [-0.3, -0.25) is 9.69 Å². The molecule has 7 rings (SSSR count). The summed E-state index contributed by atoms with van der Waals surface area (Å²) in [5.41, 5.74) is 2.61. The van der Waals surface area contributed by atoms with Gasteiger partial charge in [-0.1, -0.05) is 36.4 Å². The van der Waals surface area contributed by atoms with Crippen molar-refractivity contribution in [3.05, 3.63) is 102 Å². The predicted octanol–water partition coefficient (Wildman–Crippen LogP) is 6.27. The molecule has 11 heteroatoms. The average Bonchev–Trinajstić information content (AvgIpc) is 3.73. The minimum atomic E-state index is -4.47. The van der Waals surface area contributed by atoms with Gasteiger partial charge in [-0.2, -0.15) is 18.2 Å². The van der Waals surface area contributed by atoms with Gasteiger partial charge in [0.15, 0.2) is 11.3 Å². The molecular weight excluding hydrogens is 557 g/mol. The number of benzene rings is 3. The molecule has 5 aromatic rings. The molecule has 3 aromatic carbocycles. The van der Waals surface area contributed by atoms with Crippen LogP contribution in [0.15, 0.2) is 89.6 Å². The zero-order valence-electron chi connectivity index (χ0n) is 23.0. The first-order valence-corrected chi connectivity index (χ1v) is 14.1. The normalized spacial score (nSPS) is 18.7. The maximum Gasteiger partial charge on any atom is 0.416 e. The summed E-state index contributed by atoms with van der Waals surface area (Å²) in [5.74, 6) is 1.08. The van der Waals surface area contributed by atoms with Gasteiger partial charge in [-0.25, -0.2) is 9.97 Å². The van der Waals surface area contributed by atoms with Crippen molar-refractivity contribution >= 4 is 28.6 Å². The average molecular weight is 585 g/mol. The van der Waals surface area contributed by atoms with Crippen LogP contribution in [0, 0.1) is 5.92 Å². The van der Waals surface area contributed by atoms with E-state index in [9.17, 15) is 18.0 Å². The Morgan fingerprint density at radius 1 is 0.977 bits per heavy atom. The molecule has 1 N–H and O–H groups in total. The molecule has 4 heterocycles. The summed E-state index contributed by atoms with van der Waals surface area (Å²) in [5, 5.41) is 2.73. The summed E-state index contributed by atoms with van der Waals surface area (Å²) in [6, 6.07) is 21.9. The summed E-state index contributed by atoms with van der Waals surface area (Å²) in [4.78, 5) is 31.2. The highest BCUT2D eigenvalue weighted by molar-refractivity contribution is 6.04. The molecule has 2 fully saturated rings. The van der Waals surface area contributed by atoms with E-state index in [2.05, 4.69) is 49.4 Å². The standard InChI is InChI=1S/C32H27F3N6O2/c33-32(34,35)24-11-9-21(10-12-24)29(42)38-25-8-4-7-22(15-25)30-39-27-28(36-19-37-31(27)43-30)41-17-23-13-14-40(26(23)18-41)16-20-5-2-1-3-6-20/h1-12,15,19,23,26H,13-14,16-18H2,(H,38,42). The van der Waals surface area contributed by atoms with Crippen LogP contribution in [0.4, 0.5) is 24.7 Å². The quantitative estimate of drug-likeness (QED) is 0.252. The van der Waals surface area contributed by atoms with Crippen LogP contribution in [-0.2, 0) is 12.7 Å².